The number of anilines is 1. The Morgan fingerprint density at radius 3 is 2.81 bits per heavy atom. The summed E-state index contributed by atoms with van der Waals surface area (Å²) in [5.41, 5.74) is 0. The molecule has 0 aliphatic rings. The highest BCUT2D eigenvalue weighted by Crippen LogP contribution is 2.14. The zero-order valence-corrected chi connectivity index (χ0v) is 11.4. The summed E-state index contributed by atoms with van der Waals surface area (Å²) in [5, 5.41) is 6.93. The van der Waals surface area contributed by atoms with E-state index in [1.54, 1.807) is 17.8 Å². The van der Waals surface area contributed by atoms with Crippen molar-refractivity contribution in [2.75, 3.05) is 5.32 Å². The molecule has 16 heavy (non-hydrogen) atoms. The predicted octanol–water partition coefficient (Wildman–Crippen LogP) is 3.09. The summed E-state index contributed by atoms with van der Waals surface area (Å²) in [4.78, 5) is 11.6. The maximum absolute atomic E-state index is 11.6. The highest BCUT2D eigenvalue weighted by Gasteiger charge is 2.06. The molecule has 1 N–H and O–H groups in total. The maximum atomic E-state index is 11.6. The van der Waals surface area contributed by atoms with Crippen molar-refractivity contribution in [3.8, 4) is 0 Å². The second-order valence-electron chi connectivity index (χ2n) is 3.83. The Hall–Kier alpha value is -0.840. The first-order chi connectivity index (χ1) is 7.63. The van der Waals surface area contributed by atoms with Crippen LogP contribution in [0.25, 0.3) is 0 Å². The SMILES string of the molecule is CCCCCCC(=O)Nc1cc(Br)nn1C. The van der Waals surface area contributed by atoms with Crippen molar-refractivity contribution >= 4 is 27.7 Å². The normalized spacial score (nSPS) is 10.4. The Labute approximate surface area is 105 Å². The lowest BCUT2D eigenvalue weighted by Gasteiger charge is -2.04. The molecule has 0 atom stereocenters. The van der Waals surface area contributed by atoms with Crippen molar-refractivity contribution in [2.24, 2.45) is 7.05 Å². The van der Waals surface area contributed by atoms with Crippen LogP contribution >= 0.6 is 15.9 Å². The summed E-state index contributed by atoms with van der Waals surface area (Å²) in [6.45, 7) is 2.16. The number of aromatic nitrogens is 2. The summed E-state index contributed by atoms with van der Waals surface area (Å²) in [6, 6.07) is 1.80. The van der Waals surface area contributed by atoms with Gasteiger partial charge in [-0.3, -0.25) is 9.48 Å². The van der Waals surface area contributed by atoms with Crippen LogP contribution in [-0.4, -0.2) is 15.7 Å². The number of hydrogen-bond donors (Lipinski definition) is 1. The fourth-order valence-electron chi connectivity index (χ4n) is 1.47. The number of halogens is 1. The van der Waals surface area contributed by atoms with E-state index in [0.717, 1.165) is 23.3 Å². The van der Waals surface area contributed by atoms with Crippen LogP contribution in [-0.2, 0) is 11.8 Å². The van der Waals surface area contributed by atoms with Crippen molar-refractivity contribution in [1.82, 2.24) is 9.78 Å². The molecule has 0 bridgehead atoms. The highest BCUT2D eigenvalue weighted by molar-refractivity contribution is 9.10. The number of rotatable bonds is 6. The van der Waals surface area contributed by atoms with E-state index >= 15 is 0 Å². The highest BCUT2D eigenvalue weighted by atomic mass is 79.9. The third-order valence-electron chi connectivity index (χ3n) is 2.37. The van der Waals surface area contributed by atoms with E-state index in [-0.39, 0.29) is 5.91 Å². The monoisotopic (exact) mass is 287 g/mol. The molecule has 4 nitrogen and oxygen atoms in total. The van der Waals surface area contributed by atoms with Crippen LogP contribution in [0.3, 0.4) is 0 Å². The van der Waals surface area contributed by atoms with Gasteiger partial charge in [-0.15, -0.1) is 0 Å². The molecule has 1 aromatic rings. The number of nitrogens with one attached hydrogen (secondary N) is 1. The van der Waals surface area contributed by atoms with E-state index < -0.39 is 0 Å². The number of unbranched alkanes of at least 4 members (excludes halogenated alkanes) is 3. The van der Waals surface area contributed by atoms with Crippen molar-refractivity contribution in [3.63, 3.8) is 0 Å². The smallest absolute Gasteiger partial charge is 0.225 e. The van der Waals surface area contributed by atoms with Gasteiger partial charge in [0.1, 0.15) is 10.4 Å². The Morgan fingerprint density at radius 2 is 2.25 bits per heavy atom. The molecular weight excluding hydrogens is 270 g/mol. The van der Waals surface area contributed by atoms with E-state index in [4.69, 9.17) is 0 Å². The number of carbonyl (C=O) groups is 1. The van der Waals surface area contributed by atoms with Crippen LogP contribution in [0, 0.1) is 0 Å². The quantitative estimate of drug-likeness (QED) is 0.818. The minimum absolute atomic E-state index is 0.0617. The lowest BCUT2D eigenvalue weighted by molar-refractivity contribution is -0.116. The number of amides is 1. The number of carbonyl (C=O) groups excluding carboxylic acids is 1. The van der Waals surface area contributed by atoms with Gasteiger partial charge in [-0.05, 0) is 22.4 Å². The standard InChI is InChI=1S/C11H18BrN3O/c1-3-4-5-6-7-11(16)13-10-8-9(12)14-15(10)2/h8H,3-7H2,1-2H3,(H,13,16). The molecule has 0 spiro atoms. The molecule has 0 radical (unpaired) electrons. The second kappa shape index (κ2) is 6.68. The average Bonchev–Trinajstić information content (AvgIpc) is 2.52. The van der Waals surface area contributed by atoms with Crippen LogP contribution < -0.4 is 5.32 Å². The molecule has 0 fully saturated rings. The zero-order valence-electron chi connectivity index (χ0n) is 9.79. The number of hydrogen-bond acceptors (Lipinski definition) is 2. The number of nitrogens with zero attached hydrogens (tertiary/aromatic N) is 2. The van der Waals surface area contributed by atoms with Gasteiger partial charge in [0.2, 0.25) is 5.91 Å². The summed E-state index contributed by atoms with van der Waals surface area (Å²) in [5.74, 6) is 0.791. The lowest BCUT2D eigenvalue weighted by Crippen LogP contribution is -2.13. The van der Waals surface area contributed by atoms with Crippen LogP contribution in [0.5, 0.6) is 0 Å². The molecule has 1 heterocycles. The van der Waals surface area contributed by atoms with Gasteiger partial charge >= 0.3 is 0 Å². The largest absolute Gasteiger partial charge is 0.311 e. The Balaban J connectivity index is 2.31. The molecule has 0 saturated heterocycles. The van der Waals surface area contributed by atoms with Gasteiger partial charge in [0.15, 0.2) is 0 Å². The van der Waals surface area contributed by atoms with Gasteiger partial charge in [-0.25, -0.2) is 0 Å². The zero-order chi connectivity index (χ0) is 12.0. The molecule has 0 aliphatic carbocycles. The second-order valence-corrected chi connectivity index (χ2v) is 4.65. The van der Waals surface area contributed by atoms with Crippen LogP contribution in [0.15, 0.2) is 10.7 Å². The molecule has 0 aromatic carbocycles. The van der Waals surface area contributed by atoms with Crippen LogP contribution in [0.1, 0.15) is 39.0 Å². The van der Waals surface area contributed by atoms with Crippen LogP contribution in [0.2, 0.25) is 0 Å². The minimum atomic E-state index is 0.0617. The van der Waals surface area contributed by atoms with E-state index in [1.165, 1.54) is 12.8 Å². The van der Waals surface area contributed by atoms with Gasteiger partial charge in [0.05, 0.1) is 0 Å². The van der Waals surface area contributed by atoms with E-state index in [9.17, 15) is 4.79 Å². The maximum Gasteiger partial charge on any atom is 0.225 e. The minimum Gasteiger partial charge on any atom is -0.311 e. The first kappa shape index (κ1) is 13.2. The molecular formula is C11H18BrN3O. The Morgan fingerprint density at radius 1 is 1.50 bits per heavy atom. The van der Waals surface area contributed by atoms with E-state index in [1.807, 2.05) is 0 Å². The van der Waals surface area contributed by atoms with E-state index in [2.05, 4.69) is 33.3 Å². The summed E-state index contributed by atoms with van der Waals surface area (Å²) in [6.07, 6.45) is 5.06. The predicted molar refractivity (Wildman–Crippen MR) is 68.3 cm³/mol. The molecule has 90 valence electrons. The fraction of sp³-hybridized carbons (Fsp3) is 0.636. The topological polar surface area (TPSA) is 46.9 Å². The molecule has 1 rings (SSSR count). The Bertz CT molecular complexity index is 349. The third kappa shape index (κ3) is 4.35. The third-order valence-corrected chi connectivity index (χ3v) is 2.76. The van der Waals surface area contributed by atoms with E-state index in [0.29, 0.717) is 6.42 Å². The molecule has 5 heteroatoms. The van der Waals surface area contributed by atoms with Crippen molar-refractivity contribution in [1.29, 1.82) is 0 Å². The Kier molecular flexibility index (Phi) is 5.52. The lowest BCUT2D eigenvalue weighted by atomic mass is 10.1. The van der Waals surface area contributed by atoms with Gasteiger partial charge in [0.25, 0.3) is 0 Å². The van der Waals surface area contributed by atoms with Crippen molar-refractivity contribution < 1.29 is 4.79 Å². The number of aryl methyl sites for hydroxylation is 1. The van der Waals surface area contributed by atoms with Crippen LogP contribution in [0.4, 0.5) is 5.82 Å². The molecule has 1 amide bonds. The molecule has 0 unspecified atom stereocenters. The fourth-order valence-corrected chi connectivity index (χ4v) is 1.92. The average molecular weight is 288 g/mol. The van der Waals surface area contributed by atoms with Crippen molar-refractivity contribution in [3.05, 3.63) is 10.7 Å². The first-order valence-electron chi connectivity index (χ1n) is 5.63. The molecule has 0 saturated carbocycles. The van der Waals surface area contributed by atoms with Gasteiger partial charge in [0, 0.05) is 19.5 Å². The summed E-state index contributed by atoms with van der Waals surface area (Å²) < 4.78 is 2.38. The van der Waals surface area contributed by atoms with Crippen molar-refractivity contribution in [2.45, 2.75) is 39.0 Å². The first-order valence-corrected chi connectivity index (χ1v) is 6.42. The van der Waals surface area contributed by atoms with Gasteiger partial charge in [-0.1, -0.05) is 26.2 Å². The summed E-state index contributed by atoms with van der Waals surface area (Å²) in [7, 11) is 1.80. The molecule has 1 aromatic heterocycles. The van der Waals surface area contributed by atoms with Gasteiger partial charge < -0.3 is 5.32 Å². The summed E-state index contributed by atoms with van der Waals surface area (Å²) >= 11 is 3.26. The molecule has 0 aliphatic heterocycles. The van der Waals surface area contributed by atoms with Gasteiger partial charge in [-0.2, -0.15) is 5.10 Å².